The molecule has 2 aromatic rings. The van der Waals surface area contributed by atoms with E-state index in [0.717, 1.165) is 23.4 Å². The molecule has 1 N–H and O–H groups in total. The standard InChI is InChI=1S/C17H12ClN3OS/c18-12-4-1-11(2-5-12)15-16(23)20-17(22)21(15)13-6-3-10-7-8-19-14(10)9-13/h1-6,8-9,15H,7H2,(H,20,22,23). The molecular weight excluding hydrogens is 330 g/mol. The molecule has 2 amide bonds. The Morgan fingerprint density at radius 3 is 2.78 bits per heavy atom. The van der Waals surface area contributed by atoms with Crippen LogP contribution in [0.5, 0.6) is 0 Å². The Bertz CT molecular complexity index is 847. The van der Waals surface area contributed by atoms with Gasteiger partial charge in [-0.25, -0.2) is 4.79 Å². The number of urea groups is 1. The number of fused-ring (bicyclic) bond motifs is 1. The van der Waals surface area contributed by atoms with Crippen LogP contribution >= 0.6 is 23.8 Å². The maximum Gasteiger partial charge on any atom is 0.327 e. The van der Waals surface area contributed by atoms with Crippen LogP contribution in [0, 0.1) is 0 Å². The first-order valence-electron chi connectivity index (χ1n) is 7.18. The zero-order valence-electron chi connectivity index (χ0n) is 12.0. The van der Waals surface area contributed by atoms with E-state index in [0.29, 0.717) is 10.0 Å². The number of carbonyl (C=O) groups is 1. The minimum absolute atomic E-state index is 0.225. The SMILES string of the molecule is O=C1NC(=S)C(c2ccc(Cl)cc2)N1c1ccc2c(c1)N=CC2. The van der Waals surface area contributed by atoms with Gasteiger partial charge in [-0.1, -0.05) is 42.0 Å². The van der Waals surface area contributed by atoms with Crippen molar-refractivity contribution in [2.24, 2.45) is 4.99 Å². The zero-order valence-corrected chi connectivity index (χ0v) is 13.6. The lowest BCUT2D eigenvalue weighted by Gasteiger charge is -2.23. The summed E-state index contributed by atoms with van der Waals surface area (Å²) in [6.45, 7) is 0. The van der Waals surface area contributed by atoms with Crippen LogP contribution in [0.4, 0.5) is 16.2 Å². The third-order valence-corrected chi connectivity index (χ3v) is 4.61. The number of hydrogen-bond donors (Lipinski definition) is 1. The van der Waals surface area contributed by atoms with Gasteiger partial charge < -0.3 is 0 Å². The number of hydrogen-bond acceptors (Lipinski definition) is 3. The van der Waals surface area contributed by atoms with E-state index in [4.69, 9.17) is 23.8 Å². The normalized spacial score (nSPS) is 19.2. The number of thiocarbonyl (C=S) groups is 1. The minimum Gasteiger partial charge on any atom is -0.300 e. The van der Waals surface area contributed by atoms with Gasteiger partial charge in [0.05, 0.1) is 5.69 Å². The van der Waals surface area contributed by atoms with Gasteiger partial charge in [0.25, 0.3) is 0 Å². The van der Waals surface area contributed by atoms with Crippen molar-refractivity contribution in [1.29, 1.82) is 0 Å². The van der Waals surface area contributed by atoms with Crippen molar-refractivity contribution in [3.63, 3.8) is 0 Å². The summed E-state index contributed by atoms with van der Waals surface area (Å²) in [6, 6.07) is 12.7. The Kier molecular flexibility index (Phi) is 3.39. The predicted octanol–water partition coefficient (Wildman–Crippen LogP) is 4.20. The van der Waals surface area contributed by atoms with Crippen LogP contribution in [0.3, 0.4) is 0 Å². The van der Waals surface area contributed by atoms with Crippen molar-refractivity contribution in [2.45, 2.75) is 12.5 Å². The van der Waals surface area contributed by atoms with Gasteiger partial charge in [-0.15, -0.1) is 0 Å². The molecule has 0 saturated carbocycles. The van der Waals surface area contributed by atoms with E-state index < -0.39 is 0 Å². The first-order valence-corrected chi connectivity index (χ1v) is 7.97. The average Bonchev–Trinajstić information content (AvgIpc) is 3.11. The quantitative estimate of drug-likeness (QED) is 0.832. The van der Waals surface area contributed by atoms with Crippen molar-refractivity contribution in [3.05, 3.63) is 58.6 Å². The van der Waals surface area contributed by atoms with Gasteiger partial charge in [-0.2, -0.15) is 0 Å². The van der Waals surface area contributed by atoms with E-state index in [1.807, 2.05) is 36.5 Å². The van der Waals surface area contributed by atoms with E-state index in [9.17, 15) is 4.79 Å². The molecule has 2 aliphatic heterocycles. The molecule has 0 aromatic heterocycles. The van der Waals surface area contributed by atoms with Crippen LogP contribution in [-0.4, -0.2) is 17.2 Å². The van der Waals surface area contributed by atoms with Gasteiger partial charge in [0.2, 0.25) is 0 Å². The third-order valence-electron chi connectivity index (χ3n) is 4.03. The Morgan fingerprint density at radius 2 is 2.00 bits per heavy atom. The number of nitrogens with zero attached hydrogens (tertiary/aromatic N) is 2. The molecule has 2 heterocycles. The highest BCUT2D eigenvalue weighted by Gasteiger charge is 2.37. The zero-order chi connectivity index (χ0) is 16.0. The number of carbonyl (C=O) groups excluding carboxylic acids is 1. The molecule has 0 radical (unpaired) electrons. The molecule has 0 aliphatic carbocycles. The Hall–Kier alpha value is -2.24. The van der Waals surface area contributed by atoms with Gasteiger partial charge >= 0.3 is 6.03 Å². The largest absolute Gasteiger partial charge is 0.327 e. The summed E-state index contributed by atoms with van der Waals surface area (Å²) in [4.78, 5) is 18.9. The molecule has 1 saturated heterocycles. The molecule has 1 unspecified atom stereocenters. The van der Waals surface area contributed by atoms with Crippen LogP contribution in [0.2, 0.25) is 5.02 Å². The van der Waals surface area contributed by atoms with Gasteiger partial charge in [-0.3, -0.25) is 15.2 Å². The summed E-state index contributed by atoms with van der Waals surface area (Å²) in [5.41, 5.74) is 3.77. The summed E-state index contributed by atoms with van der Waals surface area (Å²) in [5.74, 6) is 0. The lowest BCUT2D eigenvalue weighted by molar-refractivity contribution is 0.252. The molecule has 2 aliphatic rings. The Balaban J connectivity index is 1.78. The number of anilines is 1. The number of halogens is 1. The minimum atomic E-state index is -0.335. The second kappa shape index (κ2) is 5.44. The molecule has 1 atom stereocenters. The fraction of sp³-hybridized carbons (Fsp3) is 0.118. The van der Waals surface area contributed by atoms with E-state index in [-0.39, 0.29) is 12.1 Å². The molecule has 2 aromatic carbocycles. The van der Waals surface area contributed by atoms with Crippen LogP contribution < -0.4 is 10.2 Å². The molecule has 23 heavy (non-hydrogen) atoms. The number of aliphatic imine (C=N–C) groups is 1. The summed E-state index contributed by atoms with van der Waals surface area (Å²) < 4.78 is 0. The highest BCUT2D eigenvalue weighted by molar-refractivity contribution is 7.80. The fourth-order valence-electron chi connectivity index (χ4n) is 2.92. The summed E-state index contributed by atoms with van der Waals surface area (Å²) >= 11 is 11.3. The maximum atomic E-state index is 12.4. The number of nitrogens with one attached hydrogen (secondary N) is 1. The first kappa shape index (κ1) is 14.4. The second-order valence-electron chi connectivity index (χ2n) is 5.45. The van der Waals surface area contributed by atoms with E-state index in [1.165, 1.54) is 5.56 Å². The third kappa shape index (κ3) is 2.42. The first-order chi connectivity index (χ1) is 11.1. The summed E-state index contributed by atoms with van der Waals surface area (Å²) in [6.07, 6.45) is 2.71. The number of rotatable bonds is 2. The predicted molar refractivity (Wildman–Crippen MR) is 96.1 cm³/mol. The van der Waals surface area contributed by atoms with E-state index in [2.05, 4.69) is 10.3 Å². The molecule has 0 spiro atoms. The molecule has 114 valence electrons. The molecule has 4 rings (SSSR count). The van der Waals surface area contributed by atoms with Gasteiger partial charge in [-0.05, 0) is 35.4 Å². The summed E-state index contributed by atoms with van der Waals surface area (Å²) in [7, 11) is 0. The van der Waals surface area contributed by atoms with Crippen molar-refractivity contribution in [2.75, 3.05) is 4.90 Å². The molecular formula is C17H12ClN3OS. The lowest BCUT2D eigenvalue weighted by atomic mass is 10.1. The smallest absolute Gasteiger partial charge is 0.300 e. The molecule has 6 heteroatoms. The highest BCUT2D eigenvalue weighted by atomic mass is 35.5. The monoisotopic (exact) mass is 341 g/mol. The van der Waals surface area contributed by atoms with Crippen molar-refractivity contribution in [3.8, 4) is 0 Å². The Morgan fingerprint density at radius 1 is 1.22 bits per heavy atom. The number of benzene rings is 2. The maximum absolute atomic E-state index is 12.4. The van der Waals surface area contributed by atoms with Crippen molar-refractivity contribution < 1.29 is 4.79 Å². The molecule has 1 fully saturated rings. The van der Waals surface area contributed by atoms with E-state index in [1.54, 1.807) is 17.0 Å². The fourth-order valence-corrected chi connectivity index (χ4v) is 3.37. The van der Waals surface area contributed by atoms with E-state index >= 15 is 0 Å². The molecule has 0 bridgehead atoms. The average molecular weight is 342 g/mol. The van der Waals surface area contributed by atoms with Crippen LogP contribution in [-0.2, 0) is 6.42 Å². The number of amides is 2. The lowest BCUT2D eigenvalue weighted by Crippen LogP contribution is -2.29. The highest BCUT2D eigenvalue weighted by Crippen LogP contribution is 2.36. The van der Waals surface area contributed by atoms with Crippen LogP contribution in [0.1, 0.15) is 17.2 Å². The Labute approximate surface area is 143 Å². The van der Waals surface area contributed by atoms with Crippen molar-refractivity contribution >= 4 is 52.4 Å². The van der Waals surface area contributed by atoms with Gasteiger partial charge in [0.15, 0.2) is 0 Å². The van der Waals surface area contributed by atoms with Crippen LogP contribution in [0.15, 0.2) is 47.5 Å². The second-order valence-corrected chi connectivity index (χ2v) is 6.32. The molecule has 4 nitrogen and oxygen atoms in total. The van der Waals surface area contributed by atoms with Crippen molar-refractivity contribution in [1.82, 2.24) is 5.32 Å². The topological polar surface area (TPSA) is 44.7 Å². The van der Waals surface area contributed by atoms with Gasteiger partial charge in [0.1, 0.15) is 11.0 Å². The van der Waals surface area contributed by atoms with Crippen LogP contribution in [0.25, 0.3) is 0 Å². The summed E-state index contributed by atoms with van der Waals surface area (Å²) in [5, 5.41) is 3.39. The van der Waals surface area contributed by atoms with Gasteiger partial charge in [0, 0.05) is 23.3 Å².